The predicted octanol–water partition coefficient (Wildman–Crippen LogP) is 4.28. The Morgan fingerprint density at radius 3 is 2.47 bits per heavy atom. The molecule has 0 aliphatic rings. The average molecular weight is 293 g/mol. The number of carbonyl (C=O) groups is 1. The molecule has 0 bridgehead atoms. The summed E-state index contributed by atoms with van der Waals surface area (Å²) in [7, 11) is 1.40. The van der Waals surface area contributed by atoms with Crippen molar-refractivity contribution in [3.8, 4) is 0 Å². The van der Waals surface area contributed by atoms with Crippen molar-refractivity contribution >= 4 is 40.9 Å². The molecule has 0 N–H and O–H groups in total. The molecule has 0 spiro atoms. The van der Waals surface area contributed by atoms with E-state index in [0.717, 1.165) is 4.90 Å². The summed E-state index contributed by atoms with van der Waals surface area (Å²) in [6, 6.07) is 5.44. The maximum absolute atomic E-state index is 11.4. The van der Waals surface area contributed by atoms with E-state index in [1.165, 1.54) is 7.11 Å². The van der Waals surface area contributed by atoms with E-state index in [2.05, 4.69) is 0 Å². The van der Waals surface area contributed by atoms with E-state index < -0.39 is 0 Å². The van der Waals surface area contributed by atoms with E-state index in [1.807, 2.05) is 19.9 Å². The topological polar surface area (TPSA) is 26.3 Å². The van der Waals surface area contributed by atoms with Gasteiger partial charge in [0.25, 0.3) is 0 Å². The molecule has 0 radical (unpaired) electrons. The highest BCUT2D eigenvalue weighted by Crippen LogP contribution is 2.32. The Kier molecular flexibility index (Phi) is 5.63. The summed E-state index contributed by atoms with van der Waals surface area (Å²) >= 11 is 13.3. The number of hydrogen-bond donors (Lipinski definition) is 0. The van der Waals surface area contributed by atoms with Crippen LogP contribution in [-0.4, -0.2) is 18.3 Å². The van der Waals surface area contributed by atoms with Crippen LogP contribution in [0.1, 0.15) is 13.8 Å². The minimum atomic E-state index is -0.204. The van der Waals surface area contributed by atoms with Crippen molar-refractivity contribution in [2.75, 3.05) is 7.11 Å². The van der Waals surface area contributed by atoms with E-state index in [0.29, 0.717) is 10.0 Å². The first-order chi connectivity index (χ1) is 7.95. The molecule has 0 fully saturated rings. The molecule has 2 unspecified atom stereocenters. The minimum absolute atomic E-state index is 0.111. The first-order valence-electron chi connectivity index (χ1n) is 5.15. The predicted molar refractivity (Wildman–Crippen MR) is 73.0 cm³/mol. The van der Waals surface area contributed by atoms with Crippen LogP contribution in [0, 0.1) is 5.92 Å². The Morgan fingerprint density at radius 2 is 1.94 bits per heavy atom. The van der Waals surface area contributed by atoms with Crippen molar-refractivity contribution in [2.45, 2.75) is 24.0 Å². The molecule has 0 amide bonds. The normalized spacial score (nSPS) is 14.2. The van der Waals surface area contributed by atoms with Gasteiger partial charge in [-0.25, -0.2) is 0 Å². The van der Waals surface area contributed by atoms with Crippen LogP contribution < -0.4 is 0 Å². The minimum Gasteiger partial charge on any atom is -0.469 e. The van der Waals surface area contributed by atoms with Gasteiger partial charge in [0.2, 0.25) is 0 Å². The molecule has 17 heavy (non-hydrogen) atoms. The summed E-state index contributed by atoms with van der Waals surface area (Å²) < 4.78 is 4.71. The number of thioether (sulfide) groups is 1. The smallest absolute Gasteiger partial charge is 0.309 e. The first kappa shape index (κ1) is 14.7. The lowest BCUT2D eigenvalue weighted by Gasteiger charge is -2.17. The Bertz CT molecular complexity index is 409. The highest BCUT2D eigenvalue weighted by Gasteiger charge is 2.21. The number of rotatable bonds is 4. The van der Waals surface area contributed by atoms with E-state index in [9.17, 15) is 4.79 Å². The number of methoxy groups -OCH3 is 1. The average Bonchev–Trinajstić information content (AvgIpc) is 2.31. The van der Waals surface area contributed by atoms with Gasteiger partial charge < -0.3 is 4.74 Å². The van der Waals surface area contributed by atoms with Crippen LogP contribution in [0.5, 0.6) is 0 Å². The van der Waals surface area contributed by atoms with Crippen LogP contribution in [0.4, 0.5) is 0 Å². The molecule has 0 aliphatic heterocycles. The highest BCUT2D eigenvalue weighted by molar-refractivity contribution is 8.00. The van der Waals surface area contributed by atoms with Crippen molar-refractivity contribution in [1.82, 2.24) is 0 Å². The lowest BCUT2D eigenvalue weighted by atomic mass is 10.1. The Hall–Kier alpha value is -0.380. The molecule has 0 aromatic heterocycles. The fraction of sp³-hybridized carbons (Fsp3) is 0.417. The molecule has 0 saturated carbocycles. The second-order valence-electron chi connectivity index (χ2n) is 3.71. The quantitative estimate of drug-likeness (QED) is 0.612. The molecule has 2 atom stereocenters. The Labute approximate surface area is 116 Å². The third-order valence-electron chi connectivity index (χ3n) is 2.49. The van der Waals surface area contributed by atoms with Crippen molar-refractivity contribution in [3.05, 3.63) is 28.2 Å². The fourth-order valence-corrected chi connectivity index (χ4v) is 2.68. The summed E-state index contributed by atoms with van der Waals surface area (Å²) in [5, 5.41) is 1.17. The maximum atomic E-state index is 11.4. The van der Waals surface area contributed by atoms with Gasteiger partial charge in [-0.3, -0.25) is 4.79 Å². The zero-order chi connectivity index (χ0) is 13.0. The van der Waals surface area contributed by atoms with Gasteiger partial charge >= 0.3 is 5.97 Å². The molecule has 0 saturated heterocycles. The molecule has 0 aliphatic carbocycles. The van der Waals surface area contributed by atoms with Gasteiger partial charge in [0.15, 0.2) is 0 Å². The Balaban J connectivity index is 2.70. The van der Waals surface area contributed by atoms with Gasteiger partial charge in [-0.2, -0.15) is 0 Å². The summed E-state index contributed by atoms with van der Waals surface area (Å²) in [4.78, 5) is 12.4. The lowest BCUT2D eigenvalue weighted by Crippen LogP contribution is -2.21. The number of carbonyl (C=O) groups excluding carboxylic acids is 1. The largest absolute Gasteiger partial charge is 0.469 e. The molecule has 1 aromatic rings. The molecular formula is C12H14Cl2O2S. The molecule has 94 valence electrons. The van der Waals surface area contributed by atoms with Crippen LogP contribution in [0.2, 0.25) is 10.0 Å². The van der Waals surface area contributed by atoms with Gasteiger partial charge in [0.05, 0.1) is 23.1 Å². The van der Waals surface area contributed by atoms with Gasteiger partial charge in [-0.15, -0.1) is 11.8 Å². The lowest BCUT2D eigenvalue weighted by molar-refractivity contribution is -0.144. The summed E-state index contributed by atoms with van der Waals surface area (Å²) in [6.07, 6.45) is 0. The van der Waals surface area contributed by atoms with Gasteiger partial charge in [0, 0.05) is 10.1 Å². The number of halogens is 2. The van der Waals surface area contributed by atoms with Crippen molar-refractivity contribution in [1.29, 1.82) is 0 Å². The Morgan fingerprint density at radius 1 is 1.29 bits per heavy atom. The zero-order valence-electron chi connectivity index (χ0n) is 9.87. The van der Waals surface area contributed by atoms with Crippen molar-refractivity contribution in [2.24, 2.45) is 5.92 Å². The summed E-state index contributed by atoms with van der Waals surface area (Å²) in [6.45, 7) is 3.83. The van der Waals surface area contributed by atoms with Gasteiger partial charge in [0.1, 0.15) is 0 Å². The second kappa shape index (κ2) is 6.53. The molecule has 1 rings (SSSR count). The van der Waals surface area contributed by atoms with E-state index in [4.69, 9.17) is 27.9 Å². The number of benzene rings is 1. The van der Waals surface area contributed by atoms with E-state index in [1.54, 1.807) is 23.9 Å². The maximum Gasteiger partial charge on any atom is 0.309 e. The zero-order valence-corrected chi connectivity index (χ0v) is 12.2. The van der Waals surface area contributed by atoms with Crippen molar-refractivity contribution in [3.63, 3.8) is 0 Å². The van der Waals surface area contributed by atoms with Crippen LogP contribution in [-0.2, 0) is 9.53 Å². The molecule has 0 heterocycles. The van der Waals surface area contributed by atoms with Crippen molar-refractivity contribution < 1.29 is 9.53 Å². The standard InChI is InChI=1S/C12H14Cl2O2S/c1-7(12(15)16-3)8(2)17-9-4-5-10(13)11(14)6-9/h4-8H,1-3H3. The van der Waals surface area contributed by atoms with Gasteiger partial charge in [-0.05, 0) is 18.2 Å². The SMILES string of the molecule is COC(=O)C(C)C(C)Sc1ccc(Cl)c(Cl)c1. The van der Waals surface area contributed by atoms with Crippen LogP contribution in [0.25, 0.3) is 0 Å². The third kappa shape index (κ3) is 4.09. The summed E-state index contributed by atoms with van der Waals surface area (Å²) in [5.74, 6) is -0.371. The first-order valence-corrected chi connectivity index (χ1v) is 6.78. The number of hydrogen-bond acceptors (Lipinski definition) is 3. The molecular weight excluding hydrogens is 279 g/mol. The highest BCUT2D eigenvalue weighted by atomic mass is 35.5. The summed E-state index contributed by atoms with van der Waals surface area (Å²) in [5.41, 5.74) is 0. The fourth-order valence-electron chi connectivity index (χ4n) is 1.24. The number of ether oxygens (including phenoxy) is 1. The monoisotopic (exact) mass is 292 g/mol. The van der Waals surface area contributed by atoms with Gasteiger partial charge in [-0.1, -0.05) is 37.0 Å². The molecule has 2 nitrogen and oxygen atoms in total. The third-order valence-corrected chi connectivity index (χ3v) is 4.54. The van der Waals surface area contributed by atoms with E-state index >= 15 is 0 Å². The molecule has 5 heteroatoms. The second-order valence-corrected chi connectivity index (χ2v) is 5.98. The van der Waals surface area contributed by atoms with E-state index in [-0.39, 0.29) is 17.1 Å². The number of esters is 1. The van der Waals surface area contributed by atoms with Crippen LogP contribution in [0.3, 0.4) is 0 Å². The van der Waals surface area contributed by atoms with Crippen LogP contribution >= 0.6 is 35.0 Å². The van der Waals surface area contributed by atoms with Crippen LogP contribution in [0.15, 0.2) is 23.1 Å². The molecule has 1 aromatic carbocycles.